The summed E-state index contributed by atoms with van der Waals surface area (Å²) in [6.07, 6.45) is 2.92. The molecule has 1 saturated heterocycles. The highest BCUT2D eigenvalue weighted by Crippen LogP contribution is 2.32. The summed E-state index contributed by atoms with van der Waals surface area (Å²) in [6.45, 7) is 7.91. The van der Waals surface area contributed by atoms with Gasteiger partial charge in [0.15, 0.2) is 11.6 Å². The molecule has 0 aromatic heterocycles. The summed E-state index contributed by atoms with van der Waals surface area (Å²) in [7, 11) is 0. The Morgan fingerprint density at radius 3 is 2.21 bits per heavy atom. The highest BCUT2D eigenvalue weighted by Gasteiger charge is 2.37. The number of likely N-dealkylation sites (tertiary alicyclic amines) is 1. The van der Waals surface area contributed by atoms with Crippen molar-refractivity contribution in [2.24, 2.45) is 11.7 Å². The summed E-state index contributed by atoms with van der Waals surface area (Å²) in [5.74, 6) is -2.55. The number of ketones is 2. The predicted octanol–water partition coefficient (Wildman–Crippen LogP) is 1.65. The van der Waals surface area contributed by atoms with Gasteiger partial charge in [0.1, 0.15) is 18.1 Å². The second kappa shape index (κ2) is 18.4. The Bertz CT molecular complexity index is 1670. The number of nitrogens with one attached hydrogen (secondary N) is 5. The van der Waals surface area contributed by atoms with Crippen molar-refractivity contribution in [1.82, 2.24) is 26.2 Å². The minimum atomic E-state index is -0.880. The van der Waals surface area contributed by atoms with Crippen LogP contribution in [-0.4, -0.2) is 96.3 Å². The van der Waals surface area contributed by atoms with Crippen molar-refractivity contribution in [2.75, 3.05) is 31.5 Å². The van der Waals surface area contributed by atoms with E-state index in [0.717, 1.165) is 0 Å². The number of benzene rings is 2. The Balaban J connectivity index is 1.27. The molecule has 52 heavy (non-hydrogen) atoms. The highest BCUT2D eigenvalue weighted by molar-refractivity contribution is 6.30. The van der Waals surface area contributed by atoms with Crippen LogP contribution in [0.1, 0.15) is 98.1 Å². The normalized spacial score (nSPS) is 16.7. The summed E-state index contributed by atoms with van der Waals surface area (Å²) in [5.41, 5.74) is 7.65. The first-order valence-electron chi connectivity index (χ1n) is 18.1. The Morgan fingerprint density at radius 2 is 1.54 bits per heavy atom. The van der Waals surface area contributed by atoms with Crippen LogP contribution in [0.15, 0.2) is 42.5 Å². The minimum absolute atomic E-state index is 0.0885. The molecule has 0 bridgehead atoms. The number of nitrogens with zero attached hydrogens (tertiary/aromatic N) is 1. The van der Waals surface area contributed by atoms with Gasteiger partial charge in [-0.05, 0) is 51.0 Å². The lowest BCUT2D eigenvalue weighted by Gasteiger charge is -2.29. The molecule has 1 aliphatic carbocycles. The topological polar surface area (TPSA) is 209 Å². The van der Waals surface area contributed by atoms with E-state index in [9.17, 15) is 33.6 Å². The average molecular weight is 718 g/mol. The molecule has 1 fully saturated rings. The lowest BCUT2D eigenvalue weighted by atomic mass is 9.83. The van der Waals surface area contributed by atoms with Crippen LogP contribution in [0, 0.1) is 5.92 Å². The second-order valence-corrected chi connectivity index (χ2v) is 13.8. The van der Waals surface area contributed by atoms with E-state index in [2.05, 4.69) is 26.6 Å². The van der Waals surface area contributed by atoms with Gasteiger partial charge in [-0.2, -0.15) is 0 Å². The van der Waals surface area contributed by atoms with Crippen molar-refractivity contribution in [3.05, 3.63) is 64.7 Å². The molecule has 4 rings (SSSR count). The lowest BCUT2D eigenvalue weighted by molar-refractivity contribution is -0.141. The molecule has 1 heterocycles. The molecule has 2 aliphatic rings. The number of amides is 5. The number of carbonyl (C=O) groups excluding carboxylic acids is 7. The van der Waals surface area contributed by atoms with Crippen LogP contribution >= 0.6 is 0 Å². The predicted molar refractivity (Wildman–Crippen MR) is 195 cm³/mol. The molecule has 1 aliphatic heterocycles. The van der Waals surface area contributed by atoms with E-state index in [0.29, 0.717) is 86.1 Å². The van der Waals surface area contributed by atoms with Gasteiger partial charge in [-0.15, -0.1) is 0 Å². The van der Waals surface area contributed by atoms with Gasteiger partial charge in [0.25, 0.3) is 0 Å². The fraction of sp³-hybridized carbons (Fsp3) is 0.500. The molecule has 14 nitrogen and oxygen atoms in total. The van der Waals surface area contributed by atoms with E-state index in [4.69, 9.17) is 5.73 Å². The fourth-order valence-corrected chi connectivity index (χ4v) is 6.52. The van der Waals surface area contributed by atoms with Crippen molar-refractivity contribution >= 4 is 46.8 Å². The third-order valence-corrected chi connectivity index (χ3v) is 9.15. The van der Waals surface area contributed by atoms with Crippen LogP contribution in [0.4, 0.5) is 5.69 Å². The van der Waals surface area contributed by atoms with Crippen molar-refractivity contribution in [1.29, 1.82) is 0 Å². The zero-order valence-corrected chi connectivity index (χ0v) is 30.4. The summed E-state index contributed by atoms with van der Waals surface area (Å²) >= 11 is 0. The van der Waals surface area contributed by atoms with E-state index in [1.54, 1.807) is 42.5 Å². The first kappa shape index (κ1) is 39.7. The molecule has 2 aromatic carbocycles. The summed E-state index contributed by atoms with van der Waals surface area (Å²) in [4.78, 5) is 92.5. The van der Waals surface area contributed by atoms with Gasteiger partial charge in [-0.3, -0.25) is 33.6 Å². The third kappa shape index (κ3) is 9.81. The molecular weight excluding hydrogens is 666 g/mol. The summed E-state index contributed by atoms with van der Waals surface area (Å²) in [6, 6.07) is 8.67. The standard InChI is InChI=1S/C38H51N7O7/c1-5-11-28(43-31(46)21-42-36(50)29(20-22(2)3)44-35(49)23(4)39)38(52)45-19-9-16-30(45)37(51)41-18-10-17-40-27-15-8-14-26-32(27)34(48)25-13-7-6-12-24(25)33(26)47/h6-8,12-15,22-23,28-30,40H,5,9-11,16-21,39H2,1-4H3,(H,41,51)(H,42,50)(H,43,46)(H,44,49)/t23-,28-,29-,30-/m0/s1. The van der Waals surface area contributed by atoms with Crippen LogP contribution in [0.3, 0.4) is 0 Å². The van der Waals surface area contributed by atoms with Crippen LogP contribution in [0.5, 0.6) is 0 Å². The SMILES string of the molecule is CCC[C@H](NC(=O)CNC(=O)[C@H](CC(C)C)NC(=O)[C@H](C)N)C(=O)N1CCC[C@H]1C(=O)NCCCNc1cccc2c1C(=O)c1ccccc1C2=O. The Morgan fingerprint density at radius 1 is 0.846 bits per heavy atom. The first-order valence-corrected chi connectivity index (χ1v) is 18.1. The quantitative estimate of drug-likeness (QED) is 0.112. The molecule has 2 aromatic rings. The Hall–Kier alpha value is -5.11. The van der Waals surface area contributed by atoms with E-state index in [-0.39, 0.29) is 29.3 Å². The maximum atomic E-state index is 13.6. The van der Waals surface area contributed by atoms with Gasteiger partial charge in [-0.25, -0.2) is 0 Å². The van der Waals surface area contributed by atoms with E-state index >= 15 is 0 Å². The first-order chi connectivity index (χ1) is 24.8. The van der Waals surface area contributed by atoms with E-state index in [1.165, 1.54) is 11.8 Å². The van der Waals surface area contributed by atoms with Crippen LogP contribution in [-0.2, 0) is 24.0 Å². The molecule has 280 valence electrons. The van der Waals surface area contributed by atoms with Crippen molar-refractivity contribution in [3.8, 4) is 0 Å². The number of hydrogen-bond donors (Lipinski definition) is 6. The average Bonchev–Trinajstić information content (AvgIpc) is 3.62. The maximum Gasteiger partial charge on any atom is 0.245 e. The number of anilines is 1. The lowest BCUT2D eigenvalue weighted by Crippen LogP contribution is -2.55. The zero-order chi connectivity index (χ0) is 37.9. The highest BCUT2D eigenvalue weighted by atomic mass is 16.2. The van der Waals surface area contributed by atoms with Crippen molar-refractivity contribution < 1.29 is 33.6 Å². The van der Waals surface area contributed by atoms with Gasteiger partial charge in [-0.1, -0.05) is 63.6 Å². The van der Waals surface area contributed by atoms with Gasteiger partial charge in [0, 0.05) is 42.0 Å². The Labute approximate surface area is 304 Å². The van der Waals surface area contributed by atoms with Gasteiger partial charge >= 0.3 is 0 Å². The zero-order valence-electron chi connectivity index (χ0n) is 30.4. The minimum Gasteiger partial charge on any atom is -0.384 e. The van der Waals surface area contributed by atoms with Crippen molar-refractivity contribution in [2.45, 2.75) is 90.4 Å². The molecule has 4 atom stereocenters. The van der Waals surface area contributed by atoms with Crippen LogP contribution in [0.2, 0.25) is 0 Å². The molecule has 0 spiro atoms. The number of rotatable bonds is 17. The maximum absolute atomic E-state index is 13.6. The molecular formula is C38H51N7O7. The summed E-state index contributed by atoms with van der Waals surface area (Å²) < 4.78 is 0. The molecule has 0 unspecified atom stereocenters. The number of nitrogens with two attached hydrogens (primary N) is 1. The summed E-state index contributed by atoms with van der Waals surface area (Å²) in [5, 5.41) is 14.0. The third-order valence-electron chi connectivity index (χ3n) is 9.15. The van der Waals surface area contributed by atoms with Crippen molar-refractivity contribution in [3.63, 3.8) is 0 Å². The molecule has 7 N–H and O–H groups in total. The Kier molecular flexibility index (Phi) is 14.0. The van der Waals surface area contributed by atoms with Gasteiger partial charge in [0.2, 0.25) is 29.5 Å². The molecule has 0 radical (unpaired) electrons. The number of carbonyl (C=O) groups is 7. The molecule has 0 saturated carbocycles. The monoisotopic (exact) mass is 717 g/mol. The number of hydrogen-bond acceptors (Lipinski definition) is 9. The van der Waals surface area contributed by atoms with Gasteiger partial charge < -0.3 is 37.2 Å². The molecule has 14 heteroatoms. The number of fused-ring (bicyclic) bond motifs is 2. The molecule has 5 amide bonds. The van der Waals surface area contributed by atoms with E-state index < -0.39 is 48.4 Å². The van der Waals surface area contributed by atoms with E-state index in [1.807, 2.05) is 20.8 Å². The second-order valence-electron chi connectivity index (χ2n) is 13.8. The smallest absolute Gasteiger partial charge is 0.245 e. The largest absolute Gasteiger partial charge is 0.384 e. The van der Waals surface area contributed by atoms with Crippen LogP contribution in [0.25, 0.3) is 0 Å². The van der Waals surface area contributed by atoms with Crippen LogP contribution < -0.4 is 32.3 Å². The fourth-order valence-electron chi connectivity index (χ4n) is 6.52. The van der Waals surface area contributed by atoms with Gasteiger partial charge in [0.05, 0.1) is 18.2 Å².